The van der Waals surface area contributed by atoms with Gasteiger partial charge in [-0.05, 0) is 11.5 Å². The predicted octanol–water partition coefficient (Wildman–Crippen LogP) is 0.619. The van der Waals surface area contributed by atoms with Crippen LogP contribution < -0.4 is 17.0 Å². The number of hydrogen-bond acceptors (Lipinski definition) is 4. The normalized spacial score (nSPS) is 10.2. The van der Waals surface area contributed by atoms with Crippen LogP contribution in [0.25, 0.3) is 10.8 Å². The van der Waals surface area contributed by atoms with Crippen molar-refractivity contribution in [2.75, 3.05) is 5.43 Å². The van der Waals surface area contributed by atoms with Gasteiger partial charge >= 0.3 is 0 Å². The van der Waals surface area contributed by atoms with Crippen LogP contribution in [0.15, 0.2) is 30.3 Å². The summed E-state index contributed by atoms with van der Waals surface area (Å²) < 4.78 is 0. The van der Waals surface area contributed by atoms with Crippen LogP contribution in [-0.4, -0.2) is 10.9 Å². The number of aromatic nitrogens is 1. The maximum atomic E-state index is 11.0. The average molecular weight is 202 g/mol. The van der Waals surface area contributed by atoms with E-state index in [-0.39, 0.29) is 5.69 Å². The van der Waals surface area contributed by atoms with Gasteiger partial charge in [0.15, 0.2) is 0 Å². The number of nitrogens with zero attached hydrogens (tertiary/aromatic N) is 1. The lowest BCUT2D eigenvalue weighted by Gasteiger charge is -2.06. The lowest BCUT2D eigenvalue weighted by atomic mass is 10.1. The summed E-state index contributed by atoms with van der Waals surface area (Å²) >= 11 is 0. The smallest absolute Gasteiger partial charge is 0.267 e. The van der Waals surface area contributed by atoms with E-state index < -0.39 is 5.91 Å². The minimum absolute atomic E-state index is 0.196. The molecule has 0 aliphatic carbocycles. The van der Waals surface area contributed by atoms with Crippen LogP contribution in [0.3, 0.4) is 0 Å². The second-order valence-electron chi connectivity index (χ2n) is 3.09. The molecule has 0 aliphatic heterocycles. The third-order valence-electron chi connectivity index (χ3n) is 2.13. The largest absolute Gasteiger partial charge is 0.364 e. The van der Waals surface area contributed by atoms with Gasteiger partial charge in [-0.25, -0.2) is 10.8 Å². The molecule has 0 radical (unpaired) electrons. The number of hydrazine groups is 1. The fourth-order valence-electron chi connectivity index (χ4n) is 1.44. The number of anilines is 1. The molecular weight excluding hydrogens is 192 g/mol. The Labute approximate surface area is 86.1 Å². The highest BCUT2D eigenvalue weighted by Crippen LogP contribution is 2.21. The number of carbonyl (C=O) groups excluding carboxylic acids is 1. The predicted molar refractivity (Wildman–Crippen MR) is 58.1 cm³/mol. The molecule has 2 rings (SSSR count). The minimum Gasteiger partial charge on any atom is -0.364 e. The first kappa shape index (κ1) is 9.42. The van der Waals surface area contributed by atoms with Crippen molar-refractivity contribution >= 4 is 22.5 Å². The van der Waals surface area contributed by atoms with E-state index in [0.717, 1.165) is 10.8 Å². The van der Waals surface area contributed by atoms with Crippen molar-refractivity contribution < 1.29 is 4.79 Å². The summed E-state index contributed by atoms with van der Waals surface area (Å²) in [6, 6.07) is 9.10. The zero-order chi connectivity index (χ0) is 10.8. The number of nitrogens with one attached hydrogen (secondary N) is 1. The number of carbonyl (C=O) groups is 1. The molecule has 1 amide bonds. The molecule has 76 valence electrons. The fourth-order valence-corrected chi connectivity index (χ4v) is 1.44. The van der Waals surface area contributed by atoms with Gasteiger partial charge < -0.3 is 11.2 Å². The van der Waals surface area contributed by atoms with E-state index in [1.165, 1.54) is 0 Å². The molecule has 0 fully saturated rings. The van der Waals surface area contributed by atoms with E-state index in [9.17, 15) is 4.79 Å². The van der Waals surface area contributed by atoms with Gasteiger partial charge in [0.1, 0.15) is 11.5 Å². The second kappa shape index (κ2) is 3.55. The maximum absolute atomic E-state index is 11.0. The molecule has 1 aromatic carbocycles. The number of pyridine rings is 1. The summed E-state index contributed by atoms with van der Waals surface area (Å²) in [6.45, 7) is 0. The molecule has 0 bridgehead atoms. The highest BCUT2D eigenvalue weighted by molar-refractivity contribution is 5.99. The molecule has 0 spiro atoms. The van der Waals surface area contributed by atoms with Crippen molar-refractivity contribution in [3.8, 4) is 0 Å². The topological polar surface area (TPSA) is 94.0 Å². The fraction of sp³-hybridized carbons (Fsp3) is 0. The number of benzene rings is 1. The number of nitrogen functional groups attached to an aromatic ring is 1. The first-order valence-electron chi connectivity index (χ1n) is 4.38. The number of amides is 1. The van der Waals surface area contributed by atoms with Crippen molar-refractivity contribution in [1.29, 1.82) is 0 Å². The lowest BCUT2D eigenvalue weighted by Crippen LogP contribution is -2.16. The van der Waals surface area contributed by atoms with Crippen molar-refractivity contribution in [3.05, 3.63) is 36.0 Å². The van der Waals surface area contributed by atoms with Crippen LogP contribution >= 0.6 is 0 Å². The van der Waals surface area contributed by atoms with E-state index in [4.69, 9.17) is 11.6 Å². The molecule has 15 heavy (non-hydrogen) atoms. The van der Waals surface area contributed by atoms with Crippen LogP contribution in [0.4, 0.5) is 5.82 Å². The average Bonchev–Trinajstić information content (AvgIpc) is 2.27. The SMILES string of the molecule is NNc1nc(C(N)=O)cc2ccccc12. The summed E-state index contributed by atoms with van der Waals surface area (Å²) in [5, 5.41) is 1.72. The molecule has 0 unspecified atom stereocenters. The number of hydrogen-bond donors (Lipinski definition) is 3. The molecule has 5 nitrogen and oxygen atoms in total. The summed E-state index contributed by atoms with van der Waals surface area (Å²) in [6.07, 6.45) is 0. The maximum Gasteiger partial charge on any atom is 0.267 e. The van der Waals surface area contributed by atoms with Gasteiger partial charge in [0.2, 0.25) is 0 Å². The Balaban J connectivity index is 2.77. The molecule has 2 aromatic rings. The van der Waals surface area contributed by atoms with Crippen LogP contribution in [0.1, 0.15) is 10.5 Å². The Morgan fingerprint density at radius 2 is 2.07 bits per heavy atom. The Kier molecular flexibility index (Phi) is 2.23. The third kappa shape index (κ3) is 1.60. The van der Waals surface area contributed by atoms with E-state index in [1.807, 2.05) is 24.3 Å². The molecule has 1 heterocycles. The molecule has 0 saturated carbocycles. The highest BCUT2D eigenvalue weighted by Gasteiger charge is 2.07. The first-order valence-corrected chi connectivity index (χ1v) is 4.38. The minimum atomic E-state index is -0.572. The van der Waals surface area contributed by atoms with Crippen molar-refractivity contribution in [1.82, 2.24) is 4.98 Å². The Morgan fingerprint density at radius 1 is 1.33 bits per heavy atom. The first-order chi connectivity index (χ1) is 7.22. The van der Waals surface area contributed by atoms with E-state index in [1.54, 1.807) is 6.07 Å². The molecule has 0 atom stereocenters. The molecule has 1 aromatic heterocycles. The van der Waals surface area contributed by atoms with E-state index in [2.05, 4.69) is 10.4 Å². The number of fused-ring (bicyclic) bond motifs is 1. The summed E-state index contributed by atoms with van der Waals surface area (Å²) in [4.78, 5) is 15.0. The van der Waals surface area contributed by atoms with Gasteiger partial charge in [-0.1, -0.05) is 24.3 Å². The van der Waals surface area contributed by atoms with Crippen LogP contribution in [0, 0.1) is 0 Å². The van der Waals surface area contributed by atoms with Crippen molar-refractivity contribution in [2.45, 2.75) is 0 Å². The van der Waals surface area contributed by atoms with Gasteiger partial charge in [-0.3, -0.25) is 4.79 Å². The molecule has 5 N–H and O–H groups in total. The van der Waals surface area contributed by atoms with Crippen LogP contribution in [0.2, 0.25) is 0 Å². The lowest BCUT2D eigenvalue weighted by molar-refractivity contribution is 0.0996. The standard InChI is InChI=1S/C10H10N4O/c11-9(15)8-5-6-3-1-2-4-7(6)10(13-8)14-12/h1-5H,12H2,(H2,11,15)(H,13,14). The second-order valence-corrected chi connectivity index (χ2v) is 3.09. The molecular formula is C10H10N4O. The quantitative estimate of drug-likeness (QED) is 0.491. The van der Waals surface area contributed by atoms with Gasteiger partial charge in [-0.15, -0.1) is 0 Å². The Bertz CT molecular complexity index is 524. The zero-order valence-electron chi connectivity index (χ0n) is 7.90. The van der Waals surface area contributed by atoms with Crippen molar-refractivity contribution in [3.63, 3.8) is 0 Å². The number of primary amides is 1. The zero-order valence-corrected chi connectivity index (χ0v) is 7.90. The van der Waals surface area contributed by atoms with E-state index in [0.29, 0.717) is 5.82 Å². The molecule has 5 heteroatoms. The Hall–Kier alpha value is -2.14. The summed E-state index contributed by atoms with van der Waals surface area (Å²) in [7, 11) is 0. The number of nitrogens with two attached hydrogens (primary N) is 2. The summed E-state index contributed by atoms with van der Waals surface area (Å²) in [5.41, 5.74) is 7.80. The monoisotopic (exact) mass is 202 g/mol. The molecule has 0 saturated heterocycles. The Morgan fingerprint density at radius 3 is 2.73 bits per heavy atom. The third-order valence-corrected chi connectivity index (χ3v) is 2.13. The van der Waals surface area contributed by atoms with Crippen LogP contribution in [-0.2, 0) is 0 Å². The van der Waals surface area contributed by atoms with Gasteiger partial charge in [0.25, 0.3) is 5.91 Å². The number of rotatable bonds is 2. The van der Waals surface area contributed by atoms with Gasteiger partial charge in [-0.2, -0.15) is 0 Å². The summed E-state index contributed by atoms with van der Waals surface area (Å²) in [5.74, 6) is 5.19. The van der Waals surface area contributed by atoms with Crippen LogP contribution in [0.5, 0.6) is 0 Å². The van der Waals surface area contributed by atoms with E-state index >= 15 is 0 Å². The molecule has 0 aliphatic rings. The van der Waals surface area contributed by atoms with Gasteiger partial charge in [0.05, 0.1) is 0 Å². The van der Waals surface area contributed by atoms with Crippen molar-refractivity contribution in [2.24, 2.45) is 11.6 Å². The highest BCUT2D eigenvalue weighted by atomic mass is 16.1. The van der Waals surface area contributed by atoms with Gasteiger partial charge in [0, 0.05) is 5.39 Å².